The molecule has 5 nitrogen and oxygen atoms in total. The van der Waals surface area contributed by atoms with Gasteiger partial charge in [-0.2, -0.15) is 14.9 Å². The van der Waals surface area contributed by atoms with Crippen molar-refractivity contribution in [3.63, 3.8) is 0 Å². The number of halogens is 1. The van der Waals surface area contributed by atoms with E-state index in [4.69, 9.17) is 17.0 Å². The van der Waals surface area contributed by atoms with Gasteiger partial charge in [-0.05, 0) is 54.5 Å². The van der Waals surface area contributed by atoms with Crippen LogP contribution in [0, 0.1) is 10.6 Å². The van der Waals surface area contributed by atoms with Crippen molar-refractivity contribution in [2.24, 2.45) is 5.10 Å². The first-order chi connectivity index (χ1) is 12.7. The Balaban J connectivity index is 1.65. The van der Waals surface area contributed by atoms with Crippen LogP contribution in [-0.4, -0.2) is 21.1 Å². The van der Waals surface area contributed by atoms with E-state index in [2.05, 4.69) is 22.2 Å². The maximum Gasteiger partial charge on any atom is 0.216 e. The summed E-state index contributed by atoms with van der Waals surface area (Å²) in [4.78, 5) is 0. The van der Waals surface area contributed by atoms with Crippen LogP contribution >= 0.6 is 12.2 Å². The smallest absolute Gasteiger partial charge is 0.216 e. The second-order valence-corrected chi connectivity index (χ2v) is 6.09. The van der Waals surface area contributed by atoms with Crippen molar-refractivity contribution < 1.29 is 9.13 Å². The monoisotopic (exact) mass is 370 g/mol. The van der Waals surface area contributed by atoms with Gasteiger partial charge in [-0.3, -0.25) is 5.10 Å². The summed E-state index contributed by atoms with van der Waals surface area (Å²) in [6.07, 6.45) is 3.47. The Kier molecular flexibility index (Phi) is 5.91. The number of hydrogen-bond donors (Lipinski definition) is 1. The van der Waals surface area contributed by atoms with Crippen LogP contribution in [0.1, 0.15) is 30.3 Å². The number of rotatable bonds is 7. The topological polar surface area (TPSA) is 55.2 Å². The molecule has 0 saturated heterocycles. The molecule has 0 aliphatic carbocycles. The van der Waals surface area contributed by atoms with E-state index in [-0.39, 0.29) is 12.4 Å². The van der Waals surface area contributed by atoms with Crippen LogP contribution in [0.4, 0.5) is 4.39 Å². The third-order valence-corrected chi connectivity index (χ3v) is 4.01. The van der Waals surface area contributed by atoms with Gasteiger partial charge in [0.05, 0.1) is 6.21 Å². The number of hydrogen-bond acceptors (Lipinski definition) is 4. The summed E-state index contributed by atoms with van der Waals surface area (Å²) in [6, 6.07) is 14.0. The van der Waals surface area contributed by atoms with Crippen molar-refractivity contribution in [1.82, 2.24) is 14.9 Å². The molecule has 1 N–H and O–H groups in total. The molecular formula is C19H19FN4OS. The Morgan fingerprint density at radius 2 is 2.00 bits per heavy atom. The minimum atomic E-state index is -0.268. The lowest BCUT2D eigenvalue weighted by Gasteiger charge is -2.07. The van der Waals surface area contributed by atoms with Gasteiger partial charge in [0.25, 0.3) is 0 Å². The molecule has 0 aliphatic heterocycles. The van der Waals surface area contributed by atoms with Gasteiger partial charge in [-0.25, -0.2) is 4.39 Å². The molecule has 134 valence electrons. The molecule has 0 aliphatic rings. The first-order valence-corrected chi connectivity index (χ1v) is 8.75. The highest BCUT2D eigenvalue weighted by Crippen LogP contribution is 2.15. The van der Waals surface area contributed by atoms with E-state index in [1.54, 1.807) is 29.1 Å². The molecule has 7 heteroatoms. The third-order valence-electron chi connectivity index (χ3n) is 3.75. The van der Waals surface area contributed by atoms with Crippen LogP contribution in [0.25, 0.3) is 0 Å². The molecule has 1 heterocycles. The molecule has 3 aromatic rings. The van der Waals surface area contributed by atoms with Crippen molar-refractivity contribution in [3.8, 4) is 5.75 Å². The van der Waals surface area contributed by atoms with Gasteiger partial charge in [-0.1, -0.05) is 25.1 Å². The Hall–Kier alpha value is -2.80. The lowest BCUT2D eigenvalue weighted by Crippen LogP contribution is -1.99. The first kappa shape index (κ1) is 18.0. The summed E-state index contributed by atoms with van der Waals surface area (Å²) in [6.45, 7) is 2.26. The van der Waals surface area contributed by atoms with Crippen molar-refractivity contribution >= 4 is 18.4 Å². The molecule has 0 fully saturated rings. The molecular weight excluding hydrogens is 351 g/mol. The number of H-pyrrole nitrogens is 1. The largest absolute Gasteiger partial charge is 0.489 e. The maximum atomic E-state index is 13.6. The number of aromatic amines is 1. The molecule has 0 saturated carbocycles. The van der Waals surface area contributed by atoms with Crippen LogP contribution < -0.4 is 4.74 Å². The lowest BCUT2D eigenvalue weighted by molar-refractivity contribution is 0.300. The van der Waals surface area contributed by atoms with Crippen molar-refractivity contribution in [3.05, 3.63) is 76.1 Å². The minimum absolute atomic E-state index is 0.185. The van der Waals surface area contributed by atoms with Gasteiger partial charge < -0.3 is 4.74 Å². The van der Waals surface area contributed by atoms with Crippen LogP contribution in [0.5, 0.6) is 5.75 Å². The Morgan fingerprint density at radius 1 is 1.23 bits per heavy atom. The Bertz CT molecular complexity index is 947. The highest BCUT2D eigenvalue weighted by Gasteiger charge is 2.04. The van der Waals surface area contributed by atoms with Gasteiger partial charge in [0.15, 0.2) is 5.82 Å². The molecule has 2 aromatic carbocycles. The van der Waals surface area contributed by atoms with Crippen LogP contribution in [0.2, 0.25) is 0 Å². The third kappa shape index (κ3) is 4.43. The van der Waals surface area contributed by atoms with E-state index in [0.29, 0.717) is 16.1 Å². The van der Waals surface area contributed by atoms with Gasteiger partial charge in [0.1, 0.15) is 18.2 Å². The molecule has 1 aromatic heterocycles. The van der Waals surface area contributed by atoms with Gasteiger partial charge >= 0.3 is 0 Å². The number of nitrogens with zero attached hydrogens (tertiary/aromatic N) is 3. The summed E-state index contributed by atoms with van der Waals surface area (Å²) >= 11 is 5.20. The minimum Gasteiger partial charge on any atom is -0.489 e. The maximum absolute atomic E-state index is 13.6. The molecule has 0 unspecified atom stereocenters. The zero-order valence-corrected chi connectivity index (χ0v) is 15.2. The summed E-state index contributed by atoms with van der Waals surface area (Å²) in [5.41, 5.74) is 1.42. The van der Waals surface area contributed by atoms with Gasteiger partial charge in [0, 0.05) is 12.0 Å². The van der Waals surface area contributed by atoms with E-state index in [1.165, 1.54) is 6.07 Å². The fraction of sp³-hybridized carbons (Fsp3) is 0.211. The molecule has 0 amide bonds. The van der Waals surface area contributed by atoms with Gasteiger partial charge in [-0.15, -0.1) is 0 Å². The first-order valence-electron chi connectivity index (χ1n) is 8.34. The van der Waals surface area contributed by atoms with E-state index >= 15 is 0 Å². The van der Waals surface area contributed by atoms with E-state index < -0.39 is 0 Å². The second kappa shape index (κ2) is 8.53. The van der Waals surface area contributed by atoms with Crippen molar-refractivity contribution in [2.75, 3.05) is 0 Å². The zero-order chi connectivity index (χ0) is 18.4. The molecule has 26 heavy (non-hydrogen) atoms. The number of aryl methyl sites for hydroxylation is 1. The summed E-state index contributed by atoms with van der Waals surface area (Å²) in [5.74, 6) is 1.20. The highest BCUT2D eigenvalue weighted by molar-refractivity contribution is 7.71. The van der Waals surface area contributed by atoms with Crippen LogP contribution in [-0.2, 0) is 13.0 Å². The number of aromatic nitrogens is 3. The fourth-order valence-electron chi connectivity index (χ4n) is 2.38. The van der Waals surface area contributed by atoms with Crippen molar-refractivity contribution in [2.45, 2.75) is 26.4 Å². The highest BCUT2D eigenvalue weighted by atomic mass is 32.1. The molecule has 3 rings (SSSR count). The average Bonchev–Trinajstić information content (AvgIpc) is 3.00. The number of ether oxygens (including phenoxy) is 1. The van der Waals surface area contributed by atoms with E-state index in [0.717, 1.165) is 24.2 Å². The molecule has 0 atom stereocenters. The van der Waals surface area contributed by atoms with Crippen LogP contribution in [0.3, 0.4) is 0 Å². The van der Waals surface area contributed by atoms with Gasteiger partial charge in [0.2, 0.25) is 4.77 Å². The van der Waals surface area contributed by atoms with Crippen LogP contribution in [0.15, 0.2) is 53.6 Å². The second-order valence-electron chi connectivity index (χ2n) is 5.70. The SMILES string of the molecule is CCCc1n[nH]c(=S)n1/N=C/c1ccc(OCc2ccccc2F)cc1. The van der Waals surface area contributed by atoms with E-state index in [1.807, 2.05) is 24.3 Å². The lowest BCUT2D eigenvalue weighted by atomic mass is 10.2. The Labute approximate surface area is 156 Å². The van der Waals surface area contributed by atoms with Crippen molar-refractivity contribution in [1.29, 1.82) is 0 Å². The Morgan fingerprint density at radius 3 is 2.73 bits per heavy atom. The number of nitrogens with one attached hydrogen (secondary N) is 1. The number of benzene rings is 2. The van der Waals surface area contributed by atoms with E-state index in [9.17, 15) is 4.39 Å². The summed E-state index contributed by atoms with van der Waals surface area (Å²) in [5, 5.41) is 11.3. The molecule has 0 spiro atoms. The summed E-state index contributed by atoms with van der Waals surface area (Å²) in [7, 11) is 0. The fourth-order valence-corrected chi connectivity index (χ4v) is 2.58. The normalized spacial score (nSPS) is 11.2. The standard InChI is InChI=1S/C19H19FN4OS/c1-2-5-18-22-23-19(26)24(18)21-12-14-8-10-16(11-9-14)25-13-15-6-3-4-7-17(15)20/h3-4,6-12H,2,5,13H2,1H3,(H,23,26)/b21-12+. The zero-order valence-electron chi connectivity index (χ0n) is 14.4. The summed E-state index contributed by atoms with van der Waals surface area (Å²) < 4.78 is 21.3. The molecule has 0 bridgehead atoms. The molecule has 0 radical (unpaired) electrons. The predicted molar refractivity (Wildman–Crippen MR) is 102 cm³/mol. The quantitative estimate of drug-likeness (QED) is 0.492. The predicted octanol–water partition coefficient (Wildman–Crippen LogP) is 4.49. The average molecular weight is 370 g/mol.